The third-order valence-electron chi connectivity index (χ3n) is 3.88. The maximum absolute atomic E-state index is 11.9. The molecule has 100 valence electrons. The van der Waals surface area contributed by atoms with Crippen LogP contribution in [0.25, 0.3) is 0 Å². The number of rotatable bonds is 7. The van der Waals surface area contributed by atoms with E-state index in [0.29, 0.717) is 18.6 Å². The summed E-state index contributed by atoms with van der Waals surface area (Å²) in [6.07, 6.45) is 9.67. The molecule has 0 amide bonds. The van der Waals surface area contributed by atoms with Gasteiger partial charge in [0.2, 0.25) is 0 Å². The molecule has 0 N–H and O–H groups in total. The lowest BCUT2D eigenvalue weighted by Crippen LogP contribution is -2.26. The van der Waals surface area contributed by atoms with E-state index in [1.165, 1.54) is 0 Å². The van der Waals surface area contributed by atoms with E-state index in [2.05, 4.69) is 25.7 Å². The molecule has 0 aromatic carbocycles. The Hall–Kier alpha value is -1.18. The van der Waals surface area contributed by atoms with Gasteiger partial charge in [-0.15, -0.1) is 6.58 Å². The standard InChI is InChI=1S/C16H24O2/c1-4-7-8-9-14-13(10-11-16(14)18)12(5-2)15(17)6-3/h5,7-8,12-14H,2,4,6,9-11H2,1,3H3/b8-7+. The van der Waals surface area contributed by atoms with Crippen molar-refractivity contribution in [1.82, 2.24) is 0 Å². The summed E-state index contributed by atoms with van der Waals surface area (Å²) in [4.78, 5) is 23.8. The first-order valence-electron chi connectivity index (χ1n) is 6.98. The van der Waals surface area contributed by atoms with Crippen LogP contribution in [0.15, 0.2) is 24.8 Å². The van der Waals surface area contributed by atoms with Gasteiger partial charge in [0.15, 0.2) is 0 Å². The molecule has 2 heteroatoms. The SMILES string of the molecule is C=CC(C(=O)CC)C1CCC(=O)C1C/C=C/CC. The molecule has 1 fully saturated rings. The van der Waals surface area contributed by atoms with Crippen molar-refractivity contribution in [3.05, 3.63) is 24.8 Å². The average Bonchev–Trinajstić information content (AvgIpc) is 2.73. The summed E-state index contributed by atoms with van der Waals surface area (Å²) in [5.41, 5.74) is 0. The highest BCUT2D eigenvalue weighted by Crippen LogP contribution is 2.38. The summed E-state index contributed by atoms with van der Waals surface area (Å²) in [6, 6.07) is 0. The molecule has 1 aliphatic carbocycles. The smallest absolute Gasteiger partial charge is 0.139 e. The molecule has 0 saturated heterocycles. The summed E-state index contributed by atoms with van der Waals surface area (Å²) in [7, 11) is 0. The Morgan fingerprint density at radius 1 is 1.44 bits per heavy atom. The van der Waals surface area contributed by atoms with Gasteiger partial charge in [-0.1, -0.05) is 32.1 Å². The highest BCUT2D eigenvalue weighted by atomic mass is 16.1. The molecule has 1 saturated carbocycles. The molecule has 0 spiro atoms. The first kappa shape index (κ1) is 14.9. The minimum atomic E-state index is -0.138. The summed E-state index contributed by atoms with van der Waals surface area (Å²) in [6.45, 7) is 7.74. The van der Waals surface area contributed by atoms with Gasteiger partial charge in [0.05, 0.1) is 0 Å². The number of carbonyl (C=O) groups is 2. The van der Waals surface area contributed by atoms with E-state index in [-0.39, 0.29) is 23.5 Å². The van der Waals surface area contributed by atoms with Crippen molar-refractivity contribution in [3.8, 4) is 0 Å². The maximum Gasteiger partial charge on any atom is 0.139 e. The Kier molecular flexibility index (Phi) is 6.03. The van der Waals surface area contributed by atoms with Crippen LogP contribution in [0.1, 0.15) is 46.0 Å². The number of Topliss-reactive ketones (excluding diaryl/α,β-unsaturated/α-hetero) is 2. The van der Waals surface area contributed by atoms with Crippen LogP contribution in [0.4, 0.5) is 0 Å². The predicted octanol–water partition coefficient (Wildman–Crippen LogP) is 3.72. The molecule has 1 rings (SSSR count). The quantitative estimate of drug-likeness (QED) is 0.643. The minimum absolute atomic E-state index is 0.0197. The zero-order valence-corrected chi connectivity index (χ0v) is 11.5. The average molecular weight is 248 g/mol. The van der Waals surface area contributed by atoms with Crippen LogP contribution in [0.5, 0.6) is 0 Å². The van der Waals surface area contributed by atoms with Crippen molar-refractivity contribution in [2.75, 3.05) is 0 Å². The fourth-order valence-electron chi connectivity index (χ4n) is 2.86. The second-order valence-corrected chi connectivity index (χ2v) is 4.97. The van der Waals surface area contributed by atoms with Crippen molar-refractivity contribution in [3.63, 3.8) is 0 Å². The molecule has 0 aromatic rings. The Bertz CT molecular complexity index is 341. The number of hydrogen-bond donors (Lipinski definition) is 0. The molecule has 18 heavy (non-hydrogen) atoms. The molecule has 0 radical (unpaired) electrons. The van der Waals surface area contributed by atoms with Gasteiger partial charge in [0.25, 0.3) is 0 Å². The molecule has 0 aliphatic heterocycles. The first-order valence-corrected chi connectivity index (χ1v) is 6.98. The van der Waals surface area contributed by atoms with E-state index in [9.17, 15) is 9.59 Å². The van der Waals surface area contributed by atoms with Gasteiger partial charge in [-0.25, -0.2) is 0 Å². The van der Waals surface area contributed by atoms with Gasteiger partial charge in [0.1, 0.15) is 11.6 Å². The van der Waals surface area contributed by atoms with Crippen LogP contribution in [-0.4, -0.2) is 11.6 Å². The zero-order chi connectivity index (χ0) is 13.5. The topological polar surface area (TPSA) is 34.1 Å². The van der Waals surface area contributed by atoms with Gasteiger partial charge < -0.3 is 0 Å². The van der Waals surface area contributed by atoms with E-state index in [1.54, 1.807) is 6.08 Å². The van der Waals surface area contributed by atoms with Crippen LogP contribution in [0.3, 0.4) is 0 Å². The molecule has 0 heterocycles. The molecule has 1 aliphatic rings. The molecular formula is C16H24O2. The fourth-order valence-corrected chi connectivity index (χ4v) is 2.86. The largest absolute Gasteiger partial charge is 0.299 e. The number of carbonyl (C=O) groups excluding carboxylic acids is 2. The third kappa shape index (κ3) is 3.41. The monoisotopic (exact) mass is 248 g/mol. The summed E-state index contributed by atoms with van der Waals surface area (Å²) < 4.78 is 0. The van der Waals surface area contributed by atoms with E-state index in [1.807, 2.05) is 6.92 Å². The van der Waals surface area contributed by atoms with E-state index in [4.69, 9.17) is 0 Å². The van der Waals surface area contributed by atoms with Crippen molar-refractivity contribution in [1.29, 1.82) is 0 Å². The third-order valence-corrected chi connectivity index (χ3v) is 3.88. The lowest BCUT2D eigenvalue weighted by atomic mass is 9.79. The molecule has 0 aromatic heterocycles. The van der Waals surface area contributed by atoms with Crippen LogP contribution >= 0.6 is 0 Å². The highest BCUT2D eigenvalue weighted by Gasteiger charge is 2.39. The highest BCUT2D eigenvalue weighted by molar-refractivity contribution is 5.87. The Labute approximate surface area is 110 Å². The molecule has 2 nitrogen and oxygen atoms in total. The Morgan fingerprint density at radius 3 is 2.72 bits per heavy atom. The summed E-state index contributed by atoms with van der Waals surface area (Å²) in [5.74, 6) is 0.586. The van der Waals surface area contributed by atoms with Crippen LogP contribution in [0.2, 0.25) is 0 Å². The van der Waals surface area contributed by atoms with Crippen molar-refractivity contribution >= 4 is 11.6 Å². The second-order valence-electron chi connectivity index (χ2n) is 4.97. The van der Waals surface area contributed by atoms with Crippen molar-refractivity contribution < 1.29 is 9.59 Å². The lowest BCUT2D eigenvalue weighted by Gasteiger charge is -2.23. The number of hydrogen-bond acceptors (Lipinski definition) is 2. The van der Waals surface area contributed by atoms with Gasteiger partial charge in [-0.05, 0) is 25.2 Å². The number of allylic oxidation sites excluding steroid dienone is 3. The van der Waals surface area contributed by atoms with E-state index in [0.717, 1.165) is 19.3 Å². The Balaban J connectivity index is 2.78. The zero-order valence-electron chi connectivity index (χ0n) is 11.5. The lowest BCUT2D eigenvalue weighted by molar-refractivity contribution is -0.124. The first-order chi connectivity index (χ1) is 8.65. The summed E-state index contributed by atoms with van der Waals surface area (Å²) >= 11 is 0. The van der Waals surface area contributed by atoms with Crippen molar-refractivity contribution in [2.24, 2.45) is 17.8 Å². The van der Waals surface area contributed by atoms with Crippen molar-refractivity contribution in [2.45, 2.75) is 46.0 Å². The fraction of sp³-hybridized carbons (Fsp3) is 0.625. The molecular weight excluding hydrogens is 224 g/mol. The second kappa shape index (κ2) is 7.30. The minimum Gasteiger partial charge on any atom is -0.299 e. The van der Waals surface area contributed by atoms with Crippen LogP contribution in [-0.2, 0) is 9.59 Å². The summed E-state index contributed by atoms with van der Waals surface area (Å²) in [5, 5.41) is 0. The van der Waals surface area contributed by atoms with Crippen LogP contribution in [0, 0.1) is 17.8 Å². The normalized spacial score (nSPS) is 25.6. The molecule has 3 unspecified atom stereocenters. The number of ketones is 2. The van der Waals surface area contributed by atoms with Gasteiger partial charge in [-0.3, -0.25) is 9.59 Å². The van der Waals surface area contributed by atoms with Gasteiger partial charge in [0, 0.05) is 24.7 Å². The van der Waals surface area contributed by atoms with E-state index < -0.39 is 0 Å². The van der Waals surface area contributed by atoms with Gasteiger partial charge >= 0.3 is 0 Å². The molecule has 3 atom stereocenters. The maximum atomic E-state index is 11.9. The molecule has 0 bridgehead atoms. The predicted molar refractivity (Wildman–Crippen MR) is 74.3 cm³/mol. The Morgan fingerprint density at radius 2 is 2.17 bits per heavy atom. The van der Waals surface area contributed by atoms with Crippen LogP contribution < -0.4 is 0 Å². The van der Waals surface area contributed by atoms with E-state index >= 15 is 0 Å². The van der Waals surface area contributed by atoms with Gasteiger partial charge in [-0.2, -0.15) is 0 Å².